The van der Waals surface area contributed by atoms with E-state index in [4.69, 9.17) is 0 Å². The van der Waals surface area contributed by atoms with E-state index in [1.807, 2.05) is 0 Å². The number of nitrogens with one attached hydrogen (secondary N) is 2. The Morgan fingerprint density at radius 2 is 2.38 bits per heavy atom. The van der Waals surface area contributed by atoms with Crippen molar-refractivity contribution in [3.8, 4) is 0 Å². The lowest BCUT2D eigenvalue weighted by Crippen LogP contribution is -2.35. The molecule has 1 aliphatic heterocycles. The molecule has 1 unspecified atom stereocenters. The highest BCUT2D eigenvalue weighted by Gasteiger charge is 2.15. The van der Waals surface area contributed by atoms with Gasteiger partial charge in [-0.25, -0.2) is 0 Å². The van der Waals surface area contributed by atoms with Crippen LogP contribution in [0.2, 0.25) is 0 Å². The fraction of sp³-hybridized carbons (Fsp3) is 0.500. The van der Waals surface area contributed by atoms with E-state index in [1.165, 1.54) is 0 Å². The van der Waals surface area contributed by atoms with Crippen LogP contribution in [0.25, 0.3) is 0 Å². The molecule has 86 valence electrons. The fourth-order valence-corrected chi connectivity index (χ4v) is 1.93. The van der Waals surface area contributed by atoms with Gasteiger partial charge < -0.3 is 10.6 Å². The van der Waals surface area contributed by atoms with E-state index in [9.17, 15) is 4.79 Å². The molecule has 2 N–H and O–H groups in total. The second-order valence-corrected chi connectivity index (χ2v) is 4.09. The lowest BCUT2D eigenvalue weighted by molar-refractivity contribution is 0.0933. The minimum Gasteiger partial charge on any atom is -0.349 e. The topological polar surface area (TPSA) is 54.0 Å². The Morgan fingerprint density at radius 1 is 1.44 bits per heavy atom. The van der Waals surface area contributed by atoms with E-state index in [0.717, 1.165) is 32.4 Å². The van der Waals surface area contributed by atoms with Gasteiger partial charge in [-0.1, -0.05) is 0 Å². The maximum atomic E-state index is 11.9. The van der Waals surface area contributed by atoms with Crippen molar-refractivity contribution < 1.29 is 4.79 Å². The van der Waals surface area contributed by atoms with Crippen molar-refractivity contribution in [1.29, 1.82) is 0 Å². The maximum absolute atomic E-state index is 11.9. The second-order valence-electron chi connectivity index (χ2n) is 4.09. The molecule has 1 saturated heterocycles. The molecular weight excluding hydrogens is 202 g/mol. The van der Waals surface area contributed by atoms with E-state index in [0.29, 0.717) is 11.6 Å². The number of carbonyl (C=O) groups is 1. The summed E-state index contributed by atoms with van der Waals surface area (Å²) in [6.45, 7) is 2.04. The number of amides is 1. The Labute approximate surface area is 95.5 Å². The summed E-state index contributed by atoms with van der Waals surface area (Å²) in [6, 6.07) is 3.86. The Kier molecular flexibility index (Phi) is 3.88. The van der Waals surface area contributed by atoms with Crippen molar-refractivity contribution in [3.63, 3.8) is 0 Å². The summed E-state index contributed by atoms with van der Waals surface area (Å²) in [4.78, 5) is 15.8. The molecule has 0 radical (unpaired) electrons. The zero-order chi connectivity index (χ0) is 11.2. The van der Waals surface area contributed by atoms with Crippen molar-refractivity contribution in [2.75, 3.05) is 13.1 Å². The van der Waals surface area contributed by atoms with Crippen LogP contribution in [-0.4, -0.2) is 30.0 Å². The zero-order valence-corrected chi connectivity index (χ0v) is 9.28. The molecule has 0 bridgehead atoms. The Morgan fingerprint density at radius 3 is 3.19 bits per heavy atom. The summed E-state index contributed by atoms with van der Waals surface area (Å²) < 4.78 is 0. The Balaban J connectivity index is 1.91. The Hall–Kier alpha value is -1.42. The number of aromatic nitrogens is 1. The highest BCUT2D eigenvalue weighted by atomic mass is 16.1. The molecule has 0 aliphatic carbocycles. The largest absolute Gasteiger partial charge is 0.349 e. The monoisotopic (exact) mass is 219 g/mol. The normalized spacial score (nSPS) is 21.1. The van der Waals surface area contributed by atoms with Crippen molar-refractivity contribution in [2.24, 2.45) is 0 Å². The van der Waals surface area contributed by atoms with E-state index >= 15 is 0 Å². The Bertz CT molecular complexity index is 331. The summed E-state index contributed by atoms with van der Waals surface area (Å²) >= 11 is 0. The predicted molar refractivity (Wildman–Crippen MR) is 62.2 cm³/mol. The lowest BCUT2D eigenvalue weighted by atomic mass is 10.1. The van der Waals surface area contributed by atoms with Crippen molar-refractivity contribution in [2.45, 2.75) is 25.3 Å². The van der Waals surface area contributed by atoms with Crippen LogP contribution >= 0.6 is 0 Å². The molecule has 1 amide bonds. The van der Waals surface area contributed by atoms with Gasteiger partial charge in [0.15, 0.2) is 0 Å². The number of nitrogens with zero attached hydrogens (tertiary/aromatic N) is 1. The molecule has 0 aromatic carbocycles. The fourth-order valence-electron chi connectivity index (χ4n) is 1.93. The number of hydrogen-bond acceptors (Lipinski definition) is 3. The van der Waals surface area contributed by atoms with Crippen LogP contribution in [0.4, 0.5) is 0 Å². The standard InChI is InChI=1S/C12H17N3O/c16-12(10-3-1-7-14-9-10)15-11-4-2-6-13-8-5-11/h1,3,7,9,11,13H,2,4-6,8H2,(H,15,16). The highest BCUT2D eigenvalue weighted by Crippen LogP contribution is 2.06. The zero-order valence-electron chi connectivity index (χ0n) is 9.28. The molecule has 1 aromatic heterocycles. The summed E-state index contributed by atoms with van der Waals surface area (Å²) in [5.74, 6) is -0.0139. The van der Waals surface area contributed by atoms with Gasteiger partial charge in [0, 0.05) is 18.4 Å². The van der Waals surface area contributed by atoms with Crippen LogP contribution in [0.5, 0.6) is 0 Å². The van der Waals surface area contributed by atoms with Crippen molar-refractivity contribution in [1.82, 2.24) is 15.6 Å². The molecule has 16 heavy (non-hydrogen) atoms. The average Bonchev–Trinajstić information content (AvgIpc) is 2.59. The third kappa shape index (κ3) is 3.03. The number of hydrogen-bond donors (Lipinski definition) is 2. The summed E-state index contributed by atoms with van der Waals surface area (Å²) in [5, 5.41) is 6.38. The summed E-state index contributed by atoms with van der Waals surface area (Å²) in [5.41, 5.74) is 0.639. The molecule has 2 heterocycles. The minimum absolute atomic E-state index is 0.0139. The molecular formula is C12H17N3O. The van der Waals surface area contributed by atoms with Gasteiger partial charge in [-0.05, 0) is 44.5 Å². The third-order valence-corrected chi connectivity index (χ3v) is 2.83. The van der Waals surface area contributed by atoms with E-state index < -0.39 is 0 Å². The first kappa shape index (κ1) is 11.1. The van der Waals surface area contributed by atoms with Gasteiger partial charge in [0.2, 0.25) is 0 Å². The van der Waals surface area contributed by atoms with Gasteiger partial charge in [-0.3, -0.25) is 9.78 Å². The molecule has 1 aliphatic rings. The first-order valence-corrected chi connectivity index (χ1v) is 5.78. The van der Waals surface area contributed by atoms with Crippen LogP contribution in [0.3, 0.4) is 0 Å². The molecule has 1 atom stereocenters. The maximum Gasteiger partial charge on any atom is 0.253 e. The number of rotatable bonds is 2. The first-order chi connectivity index (χ1) is 7.86. The quantitative estimate of drug-likeness (QED) is 0.778. The van der Waals surface area contributed by atoms with E-state index in [1.54, 1.807) is 24.5 Å². The van der Waals surface area contributed by atoms with Gasteiger partial charge in [0.25, 0.3) is 5.91 Å². The van der Waals surface area contributed by atoms with Crippen LogP contribution in [-0.2, 0) is 0 Å². The number of carbonyl (C=O) groups excluding carboxylic acids is 1. The predicted octanol–water partition coefficient (Wildman–Crippen LogP) is 0.953. The minimum atomic E-state index is -0.0139. The molecule has 4 heteroatoms. The van der Waals surface area contributed by atoms with Gasteiger partial charge >= 0.3 is 0 Å². The van der Waals surface area contributed by atoms with Crippen LogP contribution < -0.4 is 10.6 Å². The van der Waals surface area contributed by atoms with Gasteiger partial charge in [0.05, 0.1) is 5.56 Å². The van der Waals surface area contributed by atoms with Crippen LogP contribution in [0.15, 0.2) is 24.5 Å². The van der Waals surface area contributed by atoms with Crippen LogP contribution in [0.1, 0.15) is 29.6 Å². The molecule has 2 rings (SSSR count). The molecule has 0 saturated carbocycles. The molecule has 0 spiro atoms. The summed E-state index contributed by atoms with van der Waals surface area (Å²) in [7, 11) is 0. The molecule has 4 nitrogen and oxygen atoms in total. The lowest BCUT2D eigenvalue weighted by Gasteiger charge is -2.15. The second kappa shape index (κ2) is 5.61. The first-order valence-electron chi connectivity index (χ1n) is 5.78. The SMILES string of the molecule is O=C(NC1CCCNCC1)c1cccnc1. The van der Waals surface area contributed by atoms with Gasteiger partial charge in [-0.15, -0.1) is 0 Å². The number of pyridine rings is 1. The van der Waals surface area contributed by atoms with Gasteiger partial charge in [-0.2, -0.15) is 0 Å². The summed E-state index contributed by atoms with van der Waals surface area (Å²) in [6.07, 6.45) is 6.46. The van der Waals surface area contributed by atoms with E-state index in [-0.39, 0.29) is 5.91 Å². The van der Waals surface area contributed by atoms with Crippen LogP contribution in [0, 0.1) is 0 Å². The third-order valence-electron chi connectivity index (χ3n) is 2.83. The highest BCUT2D eigenvalue weighted by molar-refractivity contribution is 5.93. The molecule has 1 aromatic rings. The average molecular weight is 219 g/mol. The van der Waals surface area contributed by atoms with Gasteiger partial charge in [0.1, 0.15) is 0 Å². The van der Waals surface area contributed by atoms with Crippen molar-refractivity contribution in [3.05, 3.63) is 30.1 Å². The smallest absolute Gasteiger partial charge is 0.253 e. The van der Waals surface area contributed by atoms with E-state index in [2.05, 4.69) is 15.6 Å². The van der Waals surface area contributed by atoms with Crippen molar-refractivity contribution >= 4 is 5.91 Å². The molecule has 1 fully saturated rings.